The maximum absolute atomic E-state index is 12.2. The minimum absolute atomic E-state index is 0.0385. The van der Waals surface area contributed by atoms with Gasteiger partial charge in [0.05, 0.1) is 19.2 Å². The van der Waals surface area contributed by atoms with Gasteiger partial charge in [0.15, 0.2) is 0 Å². The molecule has 4 heteroatoms. The van der Waals surface area contributed by atoms with Crippen molar-refractivity contribution in [3.8, 4) is 5.75 Å². The summed E-state index contributed by atoms with van der Waals surface area (Å²) < 4.78 is 5.25. The van der Waals surface area contributed by atoms with Gasteiger partial charge in [-0.05, 0) is 42.7 Å². The molecule has 0 bridgehead atoms. The Hall–Kier alpha value is -2.49. The SMILES string of the molecule is COc1ccccc1NC(=O)Cc1ccc(N2CCCC2)cc1. The lowest BCUT2D eigenvalue weighted by Gasteiger charge is -2.17. The number of para-hydroxylation sites is 2. The third-order valence-corrected chi connectivity index (χ3v) is 4.15. The van der Waals surface area contributed by atoms with Gasteiger partial charge in [-0.1, -0.05) is 24.3 Å². The van der Waals surface area contributed by atoms with Gasteiger partial charge in [-0.2, -0.15) is 0 Å². The Balaban J connectivity index is 1.61. The Bertz CT molecular complexity index is 661. The largest absolute Gasteiger partial charge is 0.495 e. The van der Waals surface area contributed by atoms with Gasteiger partial charge in [-0.15, -0.1) is 0 Å². The number of nitrogens with zero attached hydrogens (tertiary/aromatic N) is 1. The van der Waals surface area contributed by atoms with Crippen molar-refractivity contribution in [2.24, 2.45) is 0 Å². The van der Waals surface area contributed by atoms with E-state index in [0.29, 0.717) is 17.9 Å². The quantitative estimate of drug-likeness (QED) is 0.919. The highest BCUT2D eigenvalue weighted by Crippen LogP contribution is 2.24. The lowest BCUT2D eigenvalue weighted by atomic mass is 10.1. The topological polar surface area (TPSA) is 41.6 Å². The highest BCUT2D eigenvalue weighted by atomic mass is 16.5. The summed E-state index contributed by atoms with van der Waals surface area (Å²) in [5.74, 6) is 0.633. The summed E-state index contributed by atoms with van der Waals surface area (Å²) in [5, 5.41) is 2.91. The number of ether oxygens (including phenoxy) is 1. The van der Waals surface area contributed by atoms with Crippen molar-refractivity contribution in [2.45, 2.75) is 19.3 Å². The molecule has 1 fully saturated rings. The van der Waals surface area contributed by atoms with E-state index in [1.54, 1.807) is 7.11 Å². The number of carbonyl (C=O) groups excluding carboxylic acids is 1. The molecule has 1 N–H and O–H groups in total. The first-order valence-corrected chi connectivity index (χ1v) is 8.03. The van der Waals surface area contributed by atoms with Crippen LogP contribution in [-0.2, 0) is 11.2 Å². The van der Waals surface area contributed by atoms with Gasteiger partial charge in [0.2, 0.25) is 5.91 Å². The number of hydrogen-bond acceptors (Lipinski definition) is 3. The molecular weight excluding hydrogens is 288 g/mol. The lowest BCUT2D eigenvalue weighted by Crippen LogP contribution is -2.18. The van der Waals surface area contributed by atoms with Crippen molar-refractivity contribution in [2.75, 3.05) is 30.4 Å². The summed E-state index contributed by atoms with van der Waals surface area (Å²) in [5.41, 5.74) is 2.96. The van der Waals surface area contributed by atoms with Crippen molar-refractivity contribution in [3.05, 3.63) is 54.1 Å². The van der Waals surface area contributed by atoms with Crippen LogP contribution in [-0.4, -0.2) is 26.1 Å². The molecule has 1 saturated heterocycles. The molecule has 2 aromatic carbocycles. The Kier molecular flexibility index (Phi) is 4.81. The van der Waals surface area contributed by atoms with Crippen molar-refractivity contribution < 1.29 is 9.53 Å². The molecule has 3 rings (SSSR count). The summed E-state index contributed by atoms with van der Waals surface area (Å²) in [4.78, 5) is 14.6. The van der Waals surface area contributed by atoms with E-state index in [9.17, 15) is 4.79 Å². The normalized spacial score (nSPS) is 13.9. The fourth-order valence-corrected chi connectivity index (χ4v) is 2.93. The van der Waals surface area contributed by atoms with Gasteiger partial charge in [0.1, 0.15) is 5.75 Å². The van der Waals surface area contributed by atoms with Gasteiger partial charge in [-0.3, -0.25) is 4.79 Å². The monoisotopic (exact) mass is 310 g/mol. The molecule has 1 aliphatic heterocycles. The molecule has 0 atom stereocenters. The average molecular weight is 310 g/mol. The van der Waals surface area contributed by atoms with E-state index in [1.807, 2.05) is 36.4 Å². The third-order valence-electron chi connectivity index (χ3n) is 4.15. The summed E-state index contributed by atoms with van der Waals surface area (Å²) >= 11 is 0. The molecule has 0 radical (unpaired) electrons. The second kappa shape index (κ2) is 7.18. The second-order valence-electron chi connectivity index (χ2n) is 5.79. The Morgan fingerprint density at radius 3 is 2.48 bits per heavy atom. The minimum Gasteiger partial charge on any atom is -0.495 e. The van der Waals surface area contributed by atoms with Crippen molar-refractivity contribution in [1.29, 1.82) is 0 Å². The van der Waals surface area contributed by atoms with Crippen LogP contribution in [0, 0.1) is 0 Å². The average Bonchev–Trinajstić information content (AvgIpc) is 3.10. The number of carbonyl (C=O) groups is 1. The van der Waals surface area contributed by atoms with Crippen LogP contribution >= 0.6 is 0 Å². The summed E-state index contributed by atoms with van der Waals surface area (Å²) in [6.07, 6.45) is 2.89. The van der Waals surface area contributed by atoms with Crippen LogP contribution in [0.5, 0.6) is 5.75 Å². The van der Waals surface area contributed by atoms with E-state index in [4.69, 9.17) is 4.74 Å². The van der Waals surface area contributed by atoms with E-state index in [2.05, 4.69) is 22.3 Å². The van der Waals surface area contributed by atoms with E-state index in [0.717, 1.165) is 18.7 Å². The zero-order valence-electron chi connectivity index (χ0n) is 13.4. The van der Waals surface area contributed by atoms with Gasteiger partial charge in [0, 0.05) is 18.8 Å². The standard InChI is InChI=1S/C19H22N2O2/c1-23-18-7-3-2-6-17(18)20-19(22)14-15-8-10-16(11-9-15)21-12-4-5-13-21/h2-3,6-11H,4-5,12-14H2,1H3,(H,20,22). The molecule has 1 amide bonds. The molecular formula is C19H22N2O2. The molecule has 1 heterocycles. The van der Waals surface area contributed by atoms with E-state index >= 15 is 0 Å². The Morgan fingerprint density at radius 1 is 1.09 bits per heavy atom. The molecule has 0 spiro atoms. The predicted molar refractivity (Wildman–Crippen MR) is 93.2 cm³/mol. The fraction of sp³-hybridized carbons (Fsp3) is 0.316. The number of rotatable bonds is 5. The molecule has 120 valence electrons. The minimum atomic E-state index is -0.0385. The van der Waals surface area contributed by atoms with E-state index < -0.39 is 0 Å². The van der Waals surface area contributed by atoms with Crippen LogP contribution in [0.15, 0.2) is 48.5 Å². The van der Waals surface area contributed by atoms with Crippen LogP contribution < -0.4 is 15.0 Å². The first-order chi connectivity index (χ1) is 11.3. The van der Waals surface area contributed by atoms with E-state index in [1.165, 1.54) is 18.5 Å². The lowest BCUT2D eigenvalue weighted by molar-refractivity contribution is -0.115. The molecule has 1 aliphatic rings. The number of nitrogens with one attached hydrogen (secondary N) is 1. The van der Waals surface area contributed by atoms with Gasteiger partial charge in [-0.25, -0.2) is 0 Å². The number of benzene rings is 2. The van der Waals surface area contributed by atoms with Gasteiger partial charge in [0.25, 0.3) is 0 Å². The second-order valence-corrected chi connectivity index (χ2v) is 5.79. The predicted octanol–water partition coefficient (Wildman–Crippen LogP) is 3.48. The molecule has 0 unspecified atom stereocenters. The van der Waals surface area contributed by atoms with Crippen molar-refractivity contribution in [3.63, 3.8) is 0 Å². The Labute approximate surface area is 137 Å². The molecule has 0 saturated carbocycles. The highest BCUT2D eigenvalue weighted by Gasteiger charge is 2.12. The Morgan fingerprint density at radius 2 is 1.78 bits per heavy atom. The van der Waals surface area contributed by atoms with E-state index in [-0.39, 0.29) is 5.91 Å². The first-order valence-electron chi connectivity index (χ1n) is 8.03. The van der Waals surface area contributed by atoms with Crippen LogP contribution in [0.1, 0.15) is 18.4 Å². The molecule has 0 aliphatic carbocycles. The number of hydrogen-bond donors (Lipinski definition) is 1. The van der Waals surface area contributed by atoms with Crippen LogP contribution in [0.3, 0.4) is 0 Å². The summed E-state index contributed by atoms with van der Waals surface area (Å²) in [6, 6.07) is 15.7. The van der Waals surface area contributed by atoms with Crippen LogP contribution in [0.2, 0.25) is 0 Å². The highest BCUT2D eigenvalue weighted by molar-refractivity contribution is 5.93. The smallest absolute Gasteiger partial charge is 0.228 e. The number of anilines is 2. The third kappa shape index (κ3) is 3.83. The molecule has 23 heavy (non-hydrogen) atoms. The van der Waals surface area contributed by atoms with Crippen LogP contribution in [0.4, 0.5) is 11.4 Å². The number of methoxy groups -OCH3 is 1. The van der Waals surface area contributed by atoms with Gasteiger partial charge >= 0.3 is 0 Å². The van der Waals surface area contributed by atoms with Crippen LogP contribution in [0.25, 0.3) is 0 Å². The maximum atomic E-state index is 12.2. The van der Waals surface area contributed by atoms with Crippen molar-refractivity contribution >= 4 is 17.3 Å². The van der Waals surface area contributed by atoms with Gasteiger partial charge < -0.3 is 15.0 Å². The zero-order chi connectivity index (χ0) is 16.1. The molecule has 2 aromatic rings. The number of amides is 1. The fourth-order valence-electron chi connectivity index (χ4n) is 2.93. The first kappa shape index (κ1) is 15.4. The molecule has 4 nitrogen and oxygen atoms in total. The zero-order valence-corrected chi connectivity index (χ0v) is 13.4. The summed E-state index contributed by atoms with van der Waals surface area (Å²) in [7, 11) is 1.60. The maximum Gasteiger partial charge on any atom is 0.228 e. The summed E-state index contributed by atoms with van der Waals surface area (Å²) in [6.45, 7) is 2.27. The molecule has 0 aromatic heterocycles. The van der Waals surface area contributed by atoms with Crippen molar-refractivity contribution in [1.82, 2.24) is 0 Å².